The van der Waals surface area contributed by atoms with Gasteiger partial charge in [0.1, 0.15) is 4.88 Å². The van der Waals surface area contributed by atoms with Crippen molar-refractivity contribution >= 4 is 17.5 Å². The smallest absolute Gasteiger partial charge is 0.308 e. The van der Waals surface area contributed by atoms with Crippen LogP contribution in [0.1, 0.15) is 32.5 Å². The van der Waals surface area contributed by atoms with E-state index in [0.29, 0.717) is 5.82 Å². The number of aryl methyl sites for hydroxylation is 1. The Labute approximate surface area is 113 Å². The molecule has 2 heterocycles. The molecule has 0 fully saturated rings. The topological polar surface area (TPSA) is 107 Å². The lowest BCUT2D eigenvalue weighted by Gasteiger charge is -2.16. The maximum Gasteiger partial charge on any atom is 0.308 e. The van der Waals surface area contributed by atoms with E-state index in [4.69, 9.17) is 5.11 Å². The number of carbonyl (C=O) groups is 1. The van der Waals surface area contributed by atoms with E-state index >= 15 is 0 Å². The Bertz CT molecular complexity index is 580. The molecule has 0 spiro atoms. The molecule has 0 aliphatic rings. The maximum atomic E-state index is 11.1. The molecular formula is C10H14N6O2S. The highest BCUT2D eigenvalue weighted by molar-refractivity contribution is 7.09. The summed E-state index contributed by atoms with van der Waals surface area (Å²) in [6.07, 6.45) is 0.724. The number of tetrazole rings is 1. The summed E-state index contributed by atoms with van der Waals surface area (Å²) in [7, 11) is 0. The van der Waals surface area contributed by atoms with Gasteiger partial charge in [0.25, 0.3) is 0 Å². The average molecular weight is 282 g/mol. The zero-order valence-electron chi connectivity index (χ0n) is 10.8. The summed E-state index contributed by atoms with van der Waals surface area (Å²) >= 11 is 1.21. The van der Waals surface area contributed by atoms with E-state index in [9.17, 15) is 4.79 Å². The third kappa shape index (κ3) is 2.46. The van der Waals surface area contributed by atoms with Crippen LogP contribution in [0.5, 0.6) is 0 Å². The van der Waals surface area contributed by atoms with Crippen molar-refractivity contribution in [1.29, 1.82) is 0 Å². The number of nitrogens with zero attached hydrogens (tertiary/aromatic N) is 6. The van der Waals surface area contributed by atoms with Crippen LogP contribution in [0.4, 0.5) is 0 Å². The van der Waals surface area contributed by atoms with Crippen molar-refractivity contribution in [3.05, 3.63) is 5.69 Å². The molecule has 2 aromatic rings. The number of rotatable bonds is 5. The van der Waals surface area contributed by atoms with Crippen LogP contribution in [0.2, 0.25) is 0 Å². The van der Waals surface area contributed by atoms with Gasteiger partial charge in [0.2, 0.25) is 0 Å². The molecule has 2 aromatic heterocycles. The molecule has 2 rings (SSSR count). The molecule has 0 bridgehead atoms. The third-order valence-corrected chi connectivity index (χ3v) is 3.85. The van der Waals surface area contributed by atoms with Gasteiger partial charge in [-0.25, -0.2) is 4.68 Å². The Morgan fingerprint density at radius 2 is 2.16 bits per heavy atom. The minimum Gasteiger partial charge on any atom is -0.481 e. The van der Waals surface area contributed by atoms with E-state index in [1.54, 1.807) is 13.8 Å². The van der Waals surface area contributed by atoms with Gasteiger partial charge in [-0.2, -0.15) is 0 Å². The summed E-state index contributed by atoms with van der Waals surface area (Å²) in [6.45, 7) is 5.38. The van der Waals surface area contributed by atoms with E-state index < -0.39 is 11.9 Å². The Morgan fingerprint density at radius 3 is 2.79 bits per heavy atom. The molecule has 8 nitrogen and oxygen atoms in total. The Hall–Kier alpha value is -1.90. The van der Waals surface area contributed by atoms with Gasteiger partial charge in [-0.15, -0.1) is 10.2 Å². The van der Waals surface area contributed by atoms with Crippen LogP contribution in [-0.4, -0.2) is 40.9 Å². The van der Waals surface area contributed by atoms with Crippen molar-refractivity contribution in [1.82, 2.24) is 29.8 Å². The first-order valence-corrected chi connectivity index (χ1v) is 6.65. The molecule has 2 atom stereocenters. The Balaban J connectivity index is 2.40. The van der Waals surface area contributed by atoms with Crippen LogP contribution in [0.15, 0.2) is 0 Å². The minimum absolute atomic E-state index is 0.352. The summed E-state index contributed by atoms with van der Waals surface area (Å²) in [5.74, 6) is -0.951. The monoisotopic (exact) mass is 282 g/mol. The molecular weight excluding hydrogens is 268 g/mol. The SMILES string of the molecule is CCc1nnsc1-c1nnnn1C(C)C(C)C(=O)O. The number of carboxylic acids is 1. The molecule has 102 valence electrons. The van der Waals surface area contributed by atoms with Crippen molar-refractivity contribution in [2.45, 2.75) is 33.2 Å². The first kappa shape index (κ1) is 13.5. The second-order valence-corrected chi connectivity index (χ2v) is 4.97. The van der Waals surface area contributed by atoms with Crippen LogP contribution in [-0.2, 0) is 11.2 Å². The lowest BCUT2D eigenvalue weighted by Crippen LogP contribution is -2.23. The number of aromatic nitrogens is 6. The minimum atomic E-state index is -0.882. The highest BCUT2D eigenvalue weighted by atomic mass is 32.1. The van der Waals surface area contributed by atoms with Gasteiger partial charge >= 0.3 is 5.97 Å². The largest absolute Gasteiger partial charge is 0.481 e. The zero-order chi connectivity index (χ0) is 14.0. The predicted molar refractivity (Wildman–Crippen MR) is 67.6 cm³/mol. The normalized spacial score (nSPS) is 14.3. The van der Waals surface area contributed by atoms with Crippen molar-refractivity contribution in [2.24, 2.45) is 5.92 Å². The number of aliphatic carboxylic acids is 1. The fourth-order valence-corrected chi connectivity index (χ4v) is 2.37. The molecule has 1 N–H and O–H groups in total. The van der Waals surface area contributed by atoms with Gasteiger partial charge < -0.3 is 5.11 Å². The summed E-state index contributed by atoms with van der Waals surface area (Å²) in [4.78, 5) is 11.8. The lowest BCUT2D eigenvalue weighted by atomic mass is 10.0. The summed E-state index contributed by atoms with van der Waals surface area (Å²) in [6, 6.07) is -0.352. The number of hydrogen-bond donors (Lipinski definition) is 1. The van der Waals surface area contributed by atoms with Gasteiger partial charge in [-0.1, -0.05) is 11.4 Å². The van der Waals surface area contributed by atoms with Gasteiger partial charge in [-0.3, -0.25) is 4.79 Å². The van der Waals surface area contributed by atoms with E-state index in [-0.39, 0.29) is 6.04 Å². The third-order valence-electron chi connectivity index (χ3n) is 3.09. The zero-order valence-corrected chi connectivity index (χ0v) is 11.6. The van der Waals surface area contributed by atoms with Crippen LogP contribution in [0, 0.1) is 5.92 Å². The van der Waals surface area contributed by atoms with Crippen LogP contribution in [0.25, 0.3) is 10.7 Å². The second-order valence-electron chi connectivity index (χ2n) is 4.22. The van der Waals surface area contributed by atoms with Crippen molar-refractivity contribution in [2.75, 3.05) is 0 Å². The Kier molecular flexibility index (Phi) is 3.84. The fraction of sp³-hybridized carbons (Fsp3) is 0.600. The van der Waals surface area contributed by atoms with Crippen molar-refractivity contribution in [3.63, 3.8) is 0 Å². The first-order valence-electron chi connectivity index (χ1n) is 5.88. The quantitative estimate of drug-likeness (QED) is 0.872. The Morgan fingerprint density at radius 1 is 1.42 bits per heavy atom. The van der Waals surface area contributed by atoms with Crippen molar-refractivity contribution in [3.8, 4) is 10.7 Å². The molecule has 0 aliphatic carbocycles. The standard InChI is InChI=1S/C10H14N6O2S/c1-4-7-8(19-15-11-7)9-12-13-14-16(9)6(3)5(2)10(17)18/h5-6H,4H2,1-3H3,(H,17,18). The molecule has 0 aromatic carbocycles. The van der Waals surface area contributed by atoms with Gasteiger partial charge in [-0.05, 0) is 42.2 Å². The fourth-order valence-electron chi connectivity index (χ4n) is 1.65. The summed E-state index contributed by atoms with van der Waals surface area (Å²) < 4.78 is 5.42. The lowest BCUT2D eigenvalue weighted by molar-refractivity contribution is -0.142. The van der Waals surface area contributed by atoms with Crippen LogP contribution in [0.3, 0.4) is 0 Å². The van der Waals surface area contributed by atoms with Crippen molar-refractivity contribution < 1.29 is 9.90 Å². The van der Waals surface area contributed by atoms with Gasteiger partial charge in [0.15, 0.2) is 5.82 Å². The molecule has 0 radical (unpaired) electrons. The van der Waals surface area contributed by atoms with E-state index in [0.717, 1.165) is 17.0 Å². The predicted octanol–water partition coefficient (Wildman–Crippen LogP) is 1.04. The molecule has 2 unspecified atom stereocenters. The first-order chi connectivity index (χ1) is 9.06. The van der Waals surface area contributed by atoms with Crippen LogP contribution >= 0.6 is 11.5 Å². The summed E-state index contributed by atoms with van der Waals surface area (Å²) in [5.41, 5.74) is 0.816. The van der Waals surface area contributed by atoms with E-state index in [1.165, 1.54) is 16.2 Å². The van der Waals surface area contributed by atoms with E-state index in [2.05, 4.69) is 25.1 Å². The summed E-state index contributed by atoms with van der Waals surface area (Å²) in [5, 5.41) is 24.6. The number of carboxylic acid groups (broad SMARTS) is 1. The number of hydrogen-bond acceptors (Lipinski definition) is 7. The molecule has 0 saturated heterocycles. The second kappa shape index (κ2) is 5.39. The highest BCUT2D eigenvalue weighted by Crippen LogP contribution is 2.28. The highest BCUT2D eigenvalue weighted by Gasteiger charge is 2.26. The molecule has 0 amide bonds. The van der Waals surface area contributed by atoms with Crippen LogP contribution < -0.4 is 0 Å². The van der Waals surface area contributed by atoms with E-state index in [1.807, 2.05) is 6.92 Å². The molecule has 0 aliphatic heterocycles. The maximum absolute atomic E-state index is 11.1. The molecule has 0 saturated carbocycles. The molecule has 19 heavy (non-hydrogen) atoms. The molecule has 9 heteroatoms. The van der Waals surface area contributed by atoms with Gasteiger partial charge in [0.05, 0.1) is 17.7 Å². The average Bonchev–Trinajstić information content (AvgIpc) is 3.03. The van der Waals surface area contributed by atoms with Gasteiger partial charge in [0, 0.05) is 0 Å².